The van der Waals surface area contributed by atoms with E-state index in [0.29, 0.717) is 10.8 Å². The molecule has 2 aromatic carbocycles. The number of carbonyl (C=O) groups is 1. The highest BCUT2D eigenvalue weighted by Crippen LogP contribution is 2.25. The molecule has 0 aliphatic carbocycles. The van der Waals surface area contributed by atoms with Crippen LogP contribution in [0.4, 0.5) is 5.69 Å². The topological polar surface area (TPSA) is 118 Å². The van der Waals surface area contributed by atoms with Gasteiger partial charge in [0.2, 0.25) is 15.9 Å². The Morgan fingerprint density at radius 3 is 2.58 bits per heavy atom. The summed E-state index contributed by atoms with van der Waals surface area (Å²) in [6.07, 6.45) is 0. The average Bonchev–Trinajstić information content (AvgIpc) is 2.95. The predicted molar refractivity (Wildman–Crippen MR) is 103 cm³/mol. The van der Waals surface area contributed by atoms with Gasteiger partial charge in [-0.2, -0.15) is 0 Å². The summed E-state index contributed by atoms with van der Waals surface area (Å²) in [7, 11) is -3.75. The number of aromatic amines is 1. The molecule has 1 unspecified atom stereocenters. The standard InChI is InChI=1S/C17H18N4O3S2/c1-10-3-8-14-15(9-10)21-17(20-14)25-11(2)16(22)19-12-4-6-13(7-5-12)26(18,23)24/h3-9,11H,1-2H3,(H,19,22)(H,20,21)(H2,18,23,24). The lowest BCUT2D eigenvalue weighted by Gasteiger charge is -2.10. The lowest BCUT2D eigenvalue weighted by molar-refractivity contribution is -0.115. The van der Waals surface area contributed by atoms with Crippen LogP contribution in [0.25, 0.3) is 11.0 Å². The van der Waals surface area contributed by atoms with E-state index in [4.69, 9.17) is 5.14 Å². The fourth-order valence-electron chi connectivity index (χ4n) is 2.35. The third kappa shape index (κ3) is 4.24. The molecule has 3 rings (SSSR count). The third-order valence-corrected chi connectivity index (χ3v) is 5.64. The fourth-order valence-corrected chi connectivity index (χ4v) is 3.68. The summed E-state index contributed by atoms with van der Waals surface area (Å²) in [5, 5.41) is 8.07. The van der Waals surface area contributed by atoms with Crippen LogP contribution in [-0.2, 0) is 14.8 Å². The Kier molecular flexibility index (Phi) is 5.03. The summed E-state index contributed by atoms with van der Waals surface area (Å²) in [6, 6.07) is 11.6. The number of nitrogens with zero attached hydrogens (tertiary/aromatic N) is 1. The molecule has 0 spiro atoms. The minimum atomic E-state index is -3.75. The molecule has 9 heteroatoms. The van der Waals surface area contributed by atoms with Crippen LogP contribution in [-0.4, -0.2) is 29.5 Å². The third-order valence-electron chi connectivity index (χ3n) is 3.72. The van der Waals surface area contributed by atoms with Crippen molar-refractivity contribution in [2.75, 3.05) is 5.32 Å². The number of aromatic nitrogens is 2. The molecule has 0 saturated heterocycles. The van der Waals surface area contributed by atoms with Gasteiger partial charge in [-0.05, 0) is 55.8 Å². The SMILES string of the molecule is Cc1ccc2nc(SC(C)C(=O)Nc3ccc(S(N)(=O)=O)cc3)[nH]c2c1. The molecular weight excluding hydrogens is 372 g/mol. The van der Waals surface area contributed by atoms with E-state index >= 15 is 0 Å². The molecular formula is C17H18N4O3S2. The summed E-state index contributed by atoms with van der Waals surface area (Å²) in [6.45, 7) is 3.78. The minimum absolute atomic E-state index is 0.00417. The summed E-state index contributed by atoms with van der Waals surface area (Å²) >= 11 is 1.32. The Balaban J connectivity index is 1.67. The van der Waals surface area contributed by atoms with Crippen molar-refractivity contribution in [3.05, 3.63) is 48.0 Å². The van der Waals surface area contributed by atoms with Crippen molar-refractivity contribution in [2.24, 2.45) is 5.14 Å². The van der Waals surface area contributed by atoms with Crippen LogP contribution in [0.3, 0.4) is 0 Å². The minimum Gasteiger partial charge on any atom is -0.333 e. The van der Waals surface area contributed by atoms with Crippen LogP contribution in [0.2, 0.25) is 0 Å². The highest BCUT2D eigenvalue weighted by Gasteiger charge is 2.17. The van der Waals surface area contributed by atoms with E-state index in [2.05, 4.69) is 15.3 Å². The fraction of sp³-hybridized carbons (Fsp3) is 0.176. The van der Waals surface area contributed by atoms with Crippen LogP contribution < -0.4 is 10.5 Å². The van der Waals surface area contributed by atoms with Gasteiger partial charge in [-0.15, -0.1) is 0 Å². The van der Waals surface area contributed by atoms with E-state index in [1.54, 1.807) is 6.92 Å². The number of fused-ring (bicyclic) bond motifs is 1. The van der Waals surface area contributed by atoms with E-state index in [1.807, 2.05) is 25.1 Å². The maximum Gasteiger partial charge on any atom is 0.238 e. The van der Waals surface area contributed by atoms with Gasteiger partial charge in [-0.3, -0.25) is 4.79 Å². The number of amides is 1. The second kappa shape index (κ2) is 7.10. The van der Waals surface area contributed by atoms with Crippen molar-refractivity contribution >= 4 is 44.4 Å². The van der Waals surface area contributed by atoms with Gasteiger partial charge in [0.05, 0.1) is 21.2 Å². The molecule has 0 fully saturated rings. The summed E-state index contributed by atoms with van der Waals surface area (Å²) in [5.74, 6) is -0.213. The highest BCUT2D eigenvalue weighted by atomic mass is 32.2. The molecule has 1 atom stereocenters. The van der Waals surface area contributed by atoms with Gasteiger partial charge < -0.3 is 10.3 Å². The number of carbonyl (C=O) groups excluding carboxylic acids is 1. The number of aryl methyl sites for hydroxylation is 1. The first-order valence-electron chi connectivity index (χ1n) is 7.79. The predicted octanol–water partition coefficient (Wildman–Crippen LogP) is 2.64. The lowest BCUT2D eigenvalue weighted by atomic mass is 10.2. The van der Waals surface area contributed by atoms with Crippen molar-refractivity contribution in [3.8, 4) is 0 Å². The van der Waals surface area contributed by atoms with Crippen LogP contribution in [0.1, 0.15) is 12.5 Å². The van der Waals surface area contributed by atoms with Gasteiger partial charge in [0, 0.05) is 5.69 Å². The summed E-state index contributed by atoms with van der Waals surface area (Å²) < 4.78 is 22.5. The Morgan fingerprint density at radius 2 is 1.92 bits per heavy atom. The number of benzene rings is 2. The first-order valence-corrected chi connectivity index (χ1v) is 10.2. The Labute approximate surface area is 155 Å². The monoisotopic (exact) mass is 390 g/mol. The quantitative estimate of drug-likeness (QED) is 0.579. The van der Waals surface area contributed by atoms with Gasteiger partial charge >= 0.3 is 0 Å². The van der Waals surface area contributed by atoms with Crippen molar-refractivity contribution in [1.29, 1.82) is 0 Å². The number of sulfonamides is 1. The highest BCUT2D eigenvalue weighted by molar-refractivity contribution is 8.00. The van der Waals surface area contributed by atoms with Crippen molar-refractivity contribution in [2.45, 2.75) is 29.1 Å². The zero-order valence-electron chi connectivity index (χ0n) is 14.2. The molecule has 0 aliphatic heterocycles. The number of hydrogen-bond acceptors (Lipinski definition) is 5. The van der Waals surface area contributed by atoms with Gasteiger partial charge in [-0.25, -0.2) is 18.5 Å². The summed E-state index contributed by atoms with van der Waals surface area (Å²) in [4.78, 5) is 20.0. The average molecular weight is 390 g/mol. The smallest absolute Gasteiger partial charge is 0.238 e. The molecule has 3 aromatic rings. The number of nitrogens with one attached hydrogen (secondary N) is 2. The number of primary sulfonamides is 1. The number of anilines is 1. The number of imidazole rings is 1. The van der Waals surface area contributed by atoms with E-state index in [1.165, 1.54) is 36.0 Å². The Bertz CT molecular complexity index is 1060. The van der Waals surface area contributed by atoms with Gasteiger partial charge in [0.1, 0.15) is 0 Å². The molecule has 7 nitrogen and oxygen atoms in total. The van der Waals surface area contributed by atoms with Crippen LogP contribution in [0, 0.1) is 6.92 Å². The molecule has 26 heavy (non-hydrogen) atoms. The van der Waals surface area contributed by atoms with E-state index < -0.39 is 15.3 Å². The Morgan fingerprint density at radius 1 is 1.23 bits per heavy atom. The van der Waals surface area contributed by atoms with Crippen LogP contribution in [0.15, 0.2) is 52.5 Å². The molecule has 136 valence electrons. The maximum absolute atomic E-state index is 12.4. The van der Waals surface area contributed by atoms with Crippen molar-refractivity contribution in [3.63, 3.8) is 0 Å². The normalized spacial score (nSPS) is 12.9. The Hall–Kier alpha value is -2.36. The van der Waals surface area contributed by atoms with E-state index in [-0.39, 0.29) is 10.8 Å². The molecule has 0 aliphatic rings. The van der Waals surface area contributed by atoms with Gasteiger partial charge in [0.25, 0.3) is 0 Å². The second-order valence-corrected chi connectivity index (χ2v) is 8.77. The molecule has 1 aromatic heterocycles. The van der Waals surface area contributed by atoms with Gasteiger partial charge in [-0.1, -0.05) is 17.8 Å². The van der Waals surface area contributed by atoms with Gasteiger partial charge in [0.15, 0.2) is 5.16 Å². The zero-order chi connectivity index (χ0) is 18.9. The second-order valence-electron chi connectivity index (χ2n) is 5.88. The molecule has 0 saturated carbocycles. The van der Waals surface area contributed by atoms with Crippen LogP contribution >= 0.6 is 11.8 Å². The number of hydrogen-bond donors (Lipinski definition) is 3. The molecule has 1 amide bonds. The summed E-state index contributed by atoms with van der Waals surface area (Å²) in [5.41, 5.74) is 3.41. The number of thioether (sulfide) groups is 1. The molecule has 4 N–H and O–H groups in total. The molecule has 0 bridgehead atoms. The first-order chi connectivity index (χ1) is 12.2. The van der Waals surface area contributed by atoms with E-state index in [0.717, 1.165) is 16.6 Å². The van der Waals surface area contributed by atoms with Crippen molar-refractivity contribution < 1.29 is 13.2 Å². The number of H-pyrrole nitrogens is 1. The van der Waals surface area contributed by atoms with E-state index in [9.17, 15) is 13.2 Å². The first kappa shape index (κ1) is 18.4. The molecule has 1 heterocycles. The van der Waals surface area contributed by atoms with Crippen molar-refractivity contribution in [1.82, 2.24) is 9.97 Å². The largest absolute Gasteiger partial charge is 0.333 e. The maximum atomic E-state index is 12.4. The molecule has 0 radical (unpaired) electrons. The lowest BCUT2D eigenvalue weighted by Crippen LogP contribution is -2.22. The zero-order valence-corrected chi connectivity index (χ0v) is 15.8. The van der Waals surface area contributed by atoms with Crippen LogP contribution in [0.5, 0.6) is 0 Å². The number of rotatable bonds is 5. The number of nitrogens with two attached hydrogens (primary N) is 1.